The van der Waals surface area contributed by atoms with Gasteiger partial charge in [-0.1, -0.05) is 0 Å². The van der Waals surface area contributed by atoms with Crippen LogP contribution in [0.3, 0.4) is 0 Å². The molecular formula is C13H5BF8O. The number of methoxy groups -OCH3 is 1. The van der Waals surface area contributed by atoms with E-state index < -0.39 is 70.5 Å². The van der Waals surface area contributed by atoms with Crippen molar-refractivity contribution < 1.29 is 39.9 Å². The van der Waals surface area contributed by atoms with Gasteiger partial charge >= 0.3 is 0 Å². The lowest BCUT2D eigenvalue weighted by molar-refractivity contribution is 0.338. The molecule has 0 saturated heterocycles. The number of ether oxygens (including phenoxy) is 1. The summed E-state index contributed by atoms with van der Waals surface area (Å²) >= 11 is 0. The molecule has 0 saturated carbocycles. The van der Waals surface area contributed by atoms with Gasteiger partial charge in [0.15, 0.2) is 46.5 Å². The maximum absolute atomic E-state index is 13.9. The standard InChI is InChI=1S/C13H5BF8O/c1-23-13-10(20)6(9(19)11(21)12(13)22)14-5-7(17)3(15)2-4(16)8(5)18/h2,14H,1H3. The lowest BCUT2D eigenvalue weighted by atomic mass is 9.62. The minimum atomic E-state index is -2.16. The lowest BCUT2D eigenvalue weighted by Gasteiger charge is -2.12. The summed E-state index contributed by atoms with van der Waals surface area (Å²) in [4.78, 5) is 0. The molecule has 0 N–H and O–H groups in total. The van der Waals surface area contributed by atoms with Gasteiger partial charge in [0.2, 0.25) is 13.1 Å². The molecule has 0 spiro atoms. The van der Waals surface area contributed by atoms with Gasteiger partial charge in [-0.3, -0.25) is 0 Å². The van der Waals surface area contributed by atoms with Crippen LogP contribution in [0.4, 0.5) is 35.1 Å². The van der Waals surface area contributed by atoms with Crippen molar-refractivity contribution in [2.24, 2.45) is 0 Å². The summed E-state index contributed by atoms with van der Waals surface area (Å²) in [5.74, 6) is -16.8. The predicted octanol–water partition coefficient (Wildman–Crippen LogP) is 2.20. The highest BCUT2D eigenvalue weighted by atomic mass is 19.2. The molecule has 0 unspecified atom stereocenters. The third-order valence-corrected chi connectivity index (χ3v) is 3.07. The Morgan fingerprint density at radius 2 is 1.13 bits per heavy atom. The molecule has 0 aliphatic heterocycles. The summed E-state index contributed by atoms with van der Waals surface area (Å²) in [7, 11) is -0.663. The van der Waals surface area contributed by atoms with Crippen molar-refractivity contribution in [3.8, 4) is 5.75 Å². The van der Waals surface area contributed by atoms with E-state index >= 15 is 0 Å². The highest BCUT2D eigenvalue weighted by Gasteiger charge is 2.29. The molecule has 0 amide bonds. The Morgan fingerprint density at radius 3 is 1.61 bits per heavy atom. The Hall–Kier alpha value is -2.26. The minimum absolute atomic E-state index is 0.104. The van der Waals surface area contributed by atoms with E-state index in [1.54, 1.807) is 0 Å². The van der Waals surface area contributed by atoms with Crippen LogP contribution in [-0.4, -0.2) is 14.4 Å². The van der Waals surface area contributed by atoms with Crippen LogP contribution in [-0.2, 0) is 0 Å². The largest absolute Gasteiger partial charge is 0.491 e. The zero-order valence-electron chi connectivity index (χ0n) is 11.2. The molecule has 0 aliphatic rings. The van der Waals surface area contributed by atoms with E-state index in [2.05, 4.69) is 4.74 Å². The fraction of sp³-hybridized carbons (Fsp3) is 0.0769. The van der Waals surface area contributed by atoms with Crippen molar-refractivity contribution >= 4 is 18.2 Å². The Kier molecular flexibility index (Phi) is 4.53. The van der Waals surface area contributed by atoms with Gasteiger partial charge in [0.05, 0.1) is 7.11 Å². The predicted molar refractivity (Wildman–Crippen MR) is 65.5 cm³/mol. The second kappa shape index (κ2) is 6.09. The van der Waals surface area contributed by atoms with Crippen LogP contribution < -0.4 is 15.7 Å². The summed E-state index contributed by atoms with van der Waals surface area (Å²) in [6.45, 7) is 0. The van der Waals surface area contributed by atoms with Gasteiger partial charge in [-0.2, -0.15) is 4.39 Å². The van der Waals surface area contributed by atoms with E-state index in [1.165, 1.54) is 0 Å². The third-order valence-electron chi connectivity index (χ3n) is 3.07. The Labute approximate surface area is 124 Å². The van der Waals surface area contributed by atoms with Gasteiger partial charge in [0.1, 0.15) is 0 Å². The average Bonchev–Trinajstić information content (AvgIpc) is 2.51. The monoisotopic (exact) mass is 340 g/mol. The fourth-order valence-electron chi connectivity index (χ4n) is 1.95. The molecule has 0 heterocycles. The van der Waals surface area contributed by atoms with Crippen molar-refractivity contribution in [1.29, 1.82) is 0 Å². The van der Waals surface area contributed by atoms with Crippen LogP contribution >= 0.6 is 0 Å². The molecule has 2 rings (SSSR count). The molecule has 1 nitrogen and oxygen atoms in total. The first kappa shape index (κ1) is 17.1. The second-order valence-electron chi connectivity index (χ2n) is 4.39. The van der Waals surface area contributed by atoms with Gasteiger partial charge in [-0.15, -0.1) is 0 Å². The van der Waals surface area contributed by atoms with Crippen molar-refractivity contribution in [1.82, 2.24) is 0 Å². The summed E-state index contributed by atoms with van der Waals surface area (Å²) < 4.78 is 112. The summed E-state index contributed by atoms with van der Waals surface area (Å²) in [6, 6.07) is -0.104. The zero-order chi connectivity index (χ0) is 17.5. The first-order valence-electron chi connectivity index (χ1n) is 5.91. The second-order valence-corrected chi connectivity index (χ2v) is 4.39. The van der Waals surface area contributed by atoms with E-state index in [9.17, 15) is 35.1 Å². The highest BCUT2D eigenvalue weighted by molar-refractivity contribution is 6.67. The first-order chi connectivity index (χ1) is 10.7. The number of benzene rings is 2. The molecule has 2 aromatic rings. The SMILES string of the molecule is COc1c(F)c(F)c(F)c(Bc2c(F)c(F)cc(F)c2F)c1F. The Bertz CT molecular complexity index is 767. The zero-order valence-corrected chi connectivity index (χ0v) is 11.2. The molecule has 122 valence electrons. The topological polar surface area (TPSA) is 9.23 Å². The van der Waals surface area contributed by atoms with E-state index in [-0.39, 0.29) is 6.07 Å². The van der Waals surface area contributed by atoms with Crippen molar-refractivity contribution in [3.63, 3.8) is 0 Å². The molecule has 0 fully saturated rings. The minimum Gasteiger partial charge on any atom is -0.491 e. The Morgan fingerprint density at radius 1 is 0.652 bits per heavy atom. The number of hydrogen-bond donors (Lipinski definition) is 0. The molecular weight excluding hydrogens is 335 g/mol. The molecule has 0 aliphatic carbocycles. The maximum Gasteiger partial charge on any atom is 0.208 e. The van der Waals surface area contributed by atoms with Crippen LogP contribution in [0.1, 0.15) is 0 Å². The number of halogens is 8. The average molecular weight is 340 g/mol. The van der Waals surface area contributed by atoms with E-state index in [0.29, 0.717) is 0 Å². The number of hydrogen-bond acceptors (Lipinski definition) is 1. The molecule has 0 atom stereocenters. The fourth-order valence-corrected chi connectivity index (χ4v) is 1.95. The molecule has 2 aromatic carbocycles. The van der Waals surface area contributed by atoms with Gasteiger partial charge in [0.25, 0.3) is 0 Å². The van der Waals surface area contributed by atoms with Crippen molar-refractivity contribution in [3.05, 3.63) is 52.6 Å². The summed E-state index contributed by atoms with van der Waals surface area (Å²) in [5, 5.41) is 0. The molecule has 23 heavy (non-hydrogen) atoms. The van der Waals surface area contributed by atoms with Crippen LogP contribution in [0.25, 0.3) is 0 Å². The van der Waals surface area contributed by atoms with Gasteiger partial charge in [-0.25, -0.2) is 30.7 Å². The molecule has 10 heteroatoms. The molecule has 0 radical (unpaired) electrons. The van der Waals surface area contributed by atoms with Crippen LogP contribution in [0, 0.1) is 46.5 Å². The maximum atomic E-state index is 13.9. The quantitative estimate of drug-likeness (QED) is 0.360. The van der Waals surface area contributed by atoms with E-state index in [4.69, 9.17) is 0 Å². The van der Waals surface area contributed by atoms with Crippen LogP contribution in [0.5, 0.6) is 5.75 Å². The van der Waals surface area contributed by atoms with Gasteiger partial charge < -0.3 is 4.74 Å². The first-order valence-corrected chi connectivity index (χ1v) is 5.91. The van der Waals surface area contributed by atoms with Crippen molar-refractivity contribution in [2.75, 3.05) is 7.11 Å². The van der Waals surface area contributed by atoms with E-state index in [1.807, 2.05) is 0 Å². The highest BCUT2D eigenvalue weighted by Crippen LogP contribution is 2.24. The van der Waals surface area contributed by atoms with E-state index in [0.717, 1.165) is 7.11 Å². The lowest BCUT2D eigenvalue weighted by Crippen LogP contribution is -2.38. The summed E-state index contributed by atoms with van der Waals surface area (Å²) in [5.41, 5.74) is -2.73. The molecule has 0 bridgehead atoms. The number of rotatable bonds is 3. The van der Waals surface area contributed by atoms with Crippen molar-refractivity contribution in [2.45, 2.75) is 0 Å². The molecule has 0 aromatic heterocycles. The smallest absolute Gasteiger partial charge is 0.208 e. The van der Waals surface area contributed by atoms with Crippen LogP contribution in [0.15, 0.2) is 6.07 Å². The van der Waals surface area contributed by atoms with Crippen LogP contribution in [0.2, 0.25) is 0 Å². The summed E-state index contributed by atoms with van der Waals surface area (Å²) in [6.07, 6.45) is 0. The van der Waals surface area contributed by atoms with Gasteiger partial charge in [-0.05, 0) is 10.9 Å². The third kappa shape index (κ3) is 2.73. The Balaban J connectivity index is 2.70. The normalized spacial score (nSPS) is 10.8. The van der Waals surface area contributed by atoms with Gasteiger partial charge in [0, 0.05) is 6.07 Å².